The molecule has 2 N–H and O–H groups in total. The van der Waals surface area contributed by atoms with Crippen molar-refractivity contribution in [3.05, 3.63) is 70.6 Å². The number of carbonyl (C=O) groups is 1. The van der Waals surface area contributed by atoms with Crippen LogP contribution in [0, 0.1) is 6.92 Å². The van der Waals surface area contributed by atoms with E-state index in [0.717, 1.165) is 22.4 Å². The highest BCUT2D eigenvalue weighted by atomic mass is 32.1. The maximum atomic E-state index is 12.2. The van der Waals surface area contributed by atoms with E-state index < -0.39 is 0 Å². The van der Waals surface area contributed by atoms with E-state index in [1.165, 1.54) is 16.9 Å². The Balaban J connectivity index is 1.74. The third kappa shape index (κ3) is 4.06. The molecule has 3 rings (SSSR count). The lowest BCUT2D eigenvalue weighted by molar-refractivity contribution is 0.0529. The summed E-state index contributed by atoms with van der Waals surface area (Å²) in [7, 11) is 0. The lowest BCUT2D eigenvalue weighted by Gasteiger charge is -2.09. The van der Waals surface area contributed by atoms with Crippen LogP contribution in [0.5, 0.6) is 5.75 Å². The summed E-state index contributed by atoms with van der Waals surface area (Å²) in [6.07, 6.45) is 0. The van der Waals surface area contributed by atoms with Gasteiger partial charge in [0.1, 0.15) is 22.9 Å². The summed E-state index contributed by atoms with van der Waals surface area (Å²) in [5.74, 6) is 0.385. The number of esters is 1. The van der Waals surface area contributed by atoms with Crippen molar-refractivity contribution in [2.75, 3.05) is 12.3 Å². The predicted molar refractivity (Wildman–Crippen MR) is 106 cm³/mol. The summed E-state index contributed by atoms with van der Waals surface area (Å²) in [5.41, 5.74) is 10.4. The van der Waals surface area contributed by atoms with Crippen molar-refractivity contribution < 1.29 is 14.3 Å². The van der Waals surface area contributed by atoms with Crippen molar-refractivity contribution in [3.8, 4) is 16.9 Å². The molecule has 0 unspecified atom stereocenters. The molecular formula is C21H21NO3S. The van der Waals surface area contributed by atoms with Gasteiger partial charge in [-0.15, -0.1) is 11.3 Å². The lowest BCUT2D eigenvalue weighted by Crippen LogP contribution is -2.07. The second kappa shape index (κ2) is 8.06. The largest absolute Gasteiger partial charge is 0.489 e. The number of benzene rings is 2. The Morgan fingerprint density at radius 1 is 1.08 bits per heavy atom. The molecule has 0 saturated carbocycles. The highest BCUT2D eigenvalue weighted by molar-refractivity contribution is 7.14. The second-order valence-electron chi connectivity index (χ2n) is 5.91. The minimum absolute atomic E-state index is 0.319. The standard InChI is InChI=1S/C21H21NO3S/c1-3-24-21(23)19-18(13-26-20(19)22)16-8-10-17(11-9-16)25-12-15-6-4-14(2)5-7-15/h4-11,13H,3,12,22H2,1-2H3. The highest BCUT2D eigenvalue weighted by Gasteiger charge is 2.19. The third-order valence-electron chi connectivity index (χ3n) is 3.99. The number of rotatable bonds is 6. The average Bonchev–Trinajstić information content (AvgIpc) is 3.03. The summed E-state index contributed by atoms with van der Waals surface area (Å²) >= 11 is 1.34. The van der Waals surface area contributed by atoms with Crippen LogP contribution >= 0.6 is 11.3 Å². The van der Waals surface area contributed by atoms with Crippen molar-refractivity contribution in [1.82, 2.24) is 0 Å². The van der Waals surface area contributed by atoms with Gasteiger partial charge in [-0.25, -0.2) is 4.79 Å². The number of thiophene rings is 1. The first-order chi connectivity index (χ1) is 12.6. The normalized spacial score (nSPS) is 10.5. The molecule has 26 heavy (non-hydrogen) atoms. The molecule has 0 fully saturated rings. The maximum absolute atomic E-state index is 12.2. The van der Waals surface area contributed by atoms with E-state index in [9.17, 15) is 4.79 Å². The van der Waals surface area contributed by atoms with Gasteiger partial charge in [0, 0.05) is 10.9 Å². The smallest absolute Gasteiger partial charge is 0.341 e. The second-order valence-corrected chi connectivity index (χ2v) is 6.82. The topological polar surface area (TPSA) is 61.5 Å². The number of nitrogen functional groups attached to an aromatic ring is 1. The minimum atomic E-state index is -0.388. The van der Waals surface area contributed by atoms with Gasteiger partial charge in [-0.3, -0.25) is 0 Å². The molecule has 134 valence electrons. The molecule has 0 bridgehead atoms. The molecule has 0 saturated heterocycles. The molecule has 1 heterocycles. The Hall–Kier alpha value is -2.79. The molecule has 3 aromatic rings. The first kappa shape index (κ1) is 18.0. The van der Waals surface area contributed by atoms with E-state index in [2.05, 4.69) is 31.2 Å². The van der Waals surface area contributed by atoms with E-state index in [4.69, 9.17) is 15.2 Å². The first-order valence-electron chi connectivity index (χ1n) is 8.41. The molecule has 5 heteroatoms. The van der Waals surface area contributed by atoms with Gasteiger partial charge in [0.15, 0.2) is 0 Å². The van der Waals surface area contributed by atoms with Crippen LogP contribution in [0.3, 0.4) is 0 Å². The van der Waals surface area contributed by atoms with E-state index in [1.807, 2.05) is 29.6 Å². The summed E-state index contributed by atoms with van der Waals surface area (Å²) in [6.45, 7) is 4.67. The summed E-state index contributed by atoms with van der Waals surface area (Å²) in [5, 5.41) is 2.35. The predicted octanol–water partition coefficient (Wildman–Crippen LogP) is 5.06. The quantitative estimate of drug-likeness (QED) is 0.619. The van der Waals surface area contributed by atoms with Gasteiger partial charge in [-0.05, 0) is 37.1 Å². The van der Waals surface area contributed by atoms with E-state index in [1.54, 1.807) is 6.92 Å². The Kier molecular flexibility index (Phi) is 5.58. The molecule has 0 aliphatic carbocycles. The zero-order valence-electron chi connectivity index (χ0n) is 14.8. The number of ether oxygens (including phenoxy) is 2. The van der Waals surface area contributed by atoms with Gasteiger partial charge in [0.05, 0.1) is 6.61 Å². The number of hydrogen-bond donors (Lipinski definition) is 1. The molecule has 0 atom stereocenters. The van der Waals surface area contributed by atoms with Crippen LogP contribution in [-0.4, -0.2) is 12.6 Å². The van der Waals surface area contributed by atoms with Gasteiger partial charge in [0.25, 0.3) is 0 Å². The van der Waals surface area contributed by atoms with Crippen LogP contribution < -0.4 is 10.5 Å². The fourth-order valence-corrected chi connectivity index (χ4v) is 3.39. The molecule has 4 nitrogen and oxygen atoms in total. The molecule has 0 radical (unpaired) electrons. The molecule has 2 aromatic carbocycles. The SMILES string of the molecule is CCOC(=O)c1c(-c2ccc(OCc3ccc(C)cc3)cc2)csc1N. The average molecular weight is 367 g/mol. The van der Waals surface area contributed by atoms with Crippen LogP contribution in [0.1, 0.15) is 28.4 Å². The number of carbonyl (C=O) groups excluding carboxylic acids is 1. The zero-order chi connectivity index (χ0) is 18.5. The Morgan fingerprint density at radius 2 is 1.77 bits per heavy atom. The molecular weight excluding hydrogens is 346 g/mol. The molecule has 1 aromatic heterocycles. The Morgan fingerprint density at radius 3 is 2.42 bits per heavy atom. The van der Waals surface area contributed by atoms with Gasteiger partial charge < -0.3 is 15.2 Å². The third-order valence-corrected chi connectivity index (χ3v) is 4.80. The van der Waals surface area contributed by atoms with Crippen LogP contribution in [0.2, 0.25) is 0 Å². The van der Waals surface area contributed by atoms with Crippen molar-refractivity contribution in [2.45, 2.75) is 20.5 Å². The number of aryl methyl sites for hydroxylation is 1. The van der Waals surface area contributed by atoms with Crippen molar-refractivity contribution in [2.24, 2.45) is 0 Å². The number of anilines is 1. The monoisotopic (exact) mass is 367 g/mol. The van der Waals surface area contributed by atoms with E-state index in [-0.39, 0.29) is 5.97 Å². The Bertz CT molecular complexity index is 883. The first-order valence-corrected chi connectivity index (χ1v) is 9.29. The zero-order valence-corrected chi connectivity index (χ0v) is 15.6. The fraction of sp³-hybridized carbons (Fsp3) is 0.190. The van der Waals surface area contributed by atoms with Crippen LogP contribution in [-0.2, 0) is 11.3 Å². The fourth-order valence-electron chi connectivity index (χ4n) is 2.58. The van der Waals surface area contributed by atoms with Gasteiger partial charge in [0.2, 0.25) is 0 Å². The van der Waals surface area contributed by atoms with Crippen molar-refractivity contribution in [1.29, 1.82) is 0 Å². The van der Waals surface area contributed by atoms with Crippen molar-refractivity contribution >= 4 is 22.3 Å². The van der Waals surface area contributed by atoms with Crippen LogP contribution in [0.4, 0.5) is 5.00 Å². The summed E-state index contributed by atoms with van der Waals surface area (Å²) in [4.78, 5) is 12.2. The minimum Gasteiger partial charge on any atom is -0.489 e. The molecule has 0 aliphatic heterocycles. The molecule has 0 spiro atoms. The highest BCUT2D eigenvalue weighted by Crippen LogP contribution is 2.35. The Labute approximate surface area is 157 Å². The molecule has 0 amide bonds. The number of nitrogens with two attached hydrogens (primary N) is 1. The van der Waals surface area contributed by atoms with Gasteiger partial charge in [-0.1, -0.05) is 42.0 Å². The van der Waals surface area contributed by atoms with Crippen molar-refractivity contribution in [3.63, 3.8) is 0 Å². The lowest BCUT2D eigenvalue weighted by atomic mass is 10.0. The maximum Gasteiger partial charge on any atom is 0.341 e. The van der Waals surface area contributed by atoms with Crippen LogP contribution in [0.25, 0.3) is 11.1 Å². The summed E-state index contributed by atoms with van der Waals surface area (Å²) < 4.78 is 10.9. The van der Waals surface area contributed by atoms with Gasteiger partial charge >= 0.3 is 5.97 Å². The number of hydrogen-bond acceptors (Lipinski definition) is 5. The van der Waals surface area contributed by atoms with E-state index in [0.29, 0.717) is 23.8 Å². The summed E-state index contributed by atoms with van der Waals surface area (Å²) in [6, 6.07) is 15.9. The van der Waals surface area contributed by atoms with Gasteiger partial charge in [-0.2, -0.15) is 0 Å². The van der Waals surface area contributed by atoms with Crippen LogP contribution in [0.15, 0.2) is 53.9 Å². The van der Waals surface area contributed by atoms with E-state index >= 15 is 0 Å². The molecule has 0 aliphatic rings.